The zero-order valence-corrected chi connectivity index (χ0v) is 8.57. The van der Waals surface area contributed by atoms with Crippen LogP contribution in [0.3, 0.4) is 0 Å². The predicted molar refractivity (Wildman–Crippen MR) is 57.1 cm³/mol. The summed E-state index contributed by atoms with van der Waals surface area (Å²) in [5.41, 5.74) is 1.34. The average Bonchev–Trinajstić information content (AvgIpc) is 2.96. The summed E-state index contributed by atoms with van der Waals surface area (Å²) < 4.78 is 5.49. The molecule has 1 fully saturated rings. The van der Waals surface area contributed by atoms with E-state index >= 15 is 0 Å². The van der Waals surface area contributed by atoms with E-state index in [0.717, 1.165) is 13.2 Å². The largest absolute Gasteiger partial charge is 0.377 e. The first-order valence-corrected chi connectivity index (χ1v) is 5.29. The Hall–Kier alpha value is -0.860. The summed E-state index contributed by atoms with van der Waals surface area (Å²) in [7, 11) is 0. The van der Waals surface area contributed by atoms with Gasteiger partial charge in [-0.05, 0) is 18.9 Å². The number of benzene rings is 1. The lowest BCUT2D eigenvalue weighted by molar-refractivity contribution is 0.125. The molecule has 2 rings (SSSR count). The van der Waals surface area contributed by atoms with Crippen LogP contribution in [0.2, 0.25) is 0 Å². The molecule has 0 saturated heterocycles. The Morgan fingerprint density at radius 2 is 2.14 bits per heavy atom. The standard InChI is InChI=1S/C12H17NO/c1-2-14-12-8-11(12)13-9-10-6-4-3-5-7-10/h3-7,11-13H,2,8-9H2,1H3/t11-,12+/m0/s1. The van der Waals surface area contributed by atoms with Crippen LogP contribution in [0, 0.1) is 0 Å². The van der Waals surface area contributed by atoms with E-state index in [4.69, 9.17) is 4.74 Å². The summed E-state index contributed by atoms with van der Waals surface area (Å²) in [6.45, 7) is 3.83. The Labute approximate surface area is 85.3 Å². The highest BCUT2D eigenvalue weighted by Crippen LogP contribution is 2.25. The second kappa shape index (κ2) is 4.58. The lowest BCUT2D eigenvalue weighted by Gasteiger charge is -2.03. The molecular formula is C12H17NO. The molecule has 1 N–H and O–H groups in total. The molecule has 0 spiro atoms. The van der Waals surface area contributed by atoms with Crippen molar-refractivity contribution in [1.29, 1.82) is 0 Å². The normalized spacial score (nSPS) is 24.9. The molecule has 14 heavy (non-hydrogen) atoms. The lowest BCUT2D eigenvalue weighted by Crippen LogP contribution is -2.19. The van der Waals surface area contributed by atoms with Gasteiger partial charge in [-0.2, -0.15) is 0 Å². The molecule has 1 aliphatic rings. The minimum atomic E-state index is 0.462. The highest BCUT2D eigenvalue weighted by atomic mass is 16.5. The van der Waals surface area contributed by atoms with Crippen molar-refractivity contribution in [1.82, 2.24) is 5.32 Å². The lowest BCUT2D eigenvalue weighted by atomic mass is 10.2. The first-order valence-electron chi connectivity index (χ1n) is 5.29. The number of hydrogen-bond donors (Lipinski definition) is 1. The van der Waals surface area contributed by atoms with Gasteiger partial charge in [-0.3, -0.25) is 0 Å². The van der Waals surface area contributed by atoms with Crippen molar-refractivity contribution in [3.63, 3.8) is 0 Å². The van der Waals surface area contributed by atoms with Crippen molar-refractivity contribution in [2.45, 2.75) is 32.0 Å². The molecule has 0 unspecified atom stereocenters. The maximum absolute atomic E-state index is 5.49. The molecule has 2 atom stereocenters. The zero-order chi connectivity index (χ0) is 9.80. The maximum atomic E-state index is 5.49. The summed E-state index contributed by atoms with van der Waals surface area (Å²) in [6.07, 6.45) is 1.63. The van der Waals surface area contributed by atoms with Crippen molar-refractivity contribution in [2.24, 2.45) is 0 Å². The molecule has 0 aliphatic heterocycles. The molecular weight excluding hydrogens is 174 g/mol. The van der Waals surface area contributed by atoms with Gasteiger partial charge in [0, 0.05) is 19.2 Å². The predicted octanol–water partition coefficient (Wildman–Crippen LogP) is 1.95. The Balaban J connectivity index is 1.70. The van der Waals surface area contributed by atoms with Crippen molar-refractivity contribution in [3.05, 3.63) is 35.9 Å². The summed E-state index contributed by atoms with van der Waals surface area (Å²) in [5.74, 6) is 0. The third-order valence-corrected chi connectivity index (χ3v) is 2.52. The third-order valence-electron chi connectivity index (χ3n) is 2.52. The number of nitrogens with one attached hydrogen (secondary N) is 1. The van der Waals surface area contributed by atoms with Crippen LogP contribution < -0.4 is 5.32 Å². The van der Waals surface area contributed by atoms with Crippen LogP contribution >= 0.6 is 0 Å². The van der Waals surface area contributed by atoms with Gasteiger partial charge in [-0.15, -0.1) is 0 Å². The molecule has 1 aromatic carbocycles. The summed E-state index contributed by atoms with van der Waals surface area (Å²) in [4.78, 5) is 0. The molecule has 1 aliphatic carbocycles. The number of hydrogen-bond acceptors (Lipinski definition) is 2. The second-order valence-electron chi connectivity index (χ2n) is 3.70. The molecule has 0 aromatic heterocycles. The van der Waals surface area contributed by atoms with E-state index in [9.17, 15) is 0 Å². The van der Waals surface area contributed by atoms with Gasteiger partial charge in [0.2, 0.25) is 0 Å². The number of rotatable bonds is 5. The minimum absolute atomic E-state index is 0.462. The van der Waals surface area contributed by atoms with Crippen LogP contribution in [0.25, 0.3) is 0 Å². The second-order valence-corrected chi connectivity index (χ2v) is 3.70. The van der Waals surface area contributed by atoms with E-state index in [1.54, 1.807) is 0 Å². The molecule has 0 bridgehead atoms. The van der Waals surface area contributed by atoms with Crippen molar-refractivity contribution in [2.75, 3.05) is 6.61 Å². The molecule has 76 valence electrons. The van der Waals surface area contributed by atoms with Gasteiger partial charge < -0.3 is 10.1 Å². The van der Waals surface area contributed by atoms with E-state index in [-0.39, 0.29) is 0 Å². The van der Waals surface area contributed by atoms with E-state index < -0.39 is 0 Å². The fourth-order valence-electron chi connectivity index (χ4n) is 1.63. The molecule has 1 aromatic rings. The highest BCUT2D eigenvalue weighted by molar-refractivity contribution is 5.14. The van der Waals surface area contributed by atoms with Gasteiger partial charge in [-0.25, -0.2) is 0 Å². The fourth-order valence-corrected chi connectivity index (χ4v) is 1.63. The summed E-state index contributed by atoms with van der Waals surface area (Å²) in [5, 5.41) is 3.48. The highest BCUT2D eigenvalue weighted by Gasteiger charge is 2.37. The molecule has 1 saturated carbocycles. The Kier molecular flexibility index (Phi) is 3.17. The van der Waals surface area contributed by atoms with Gasteiger partial charge in [0.15, 0.2) is 0 Å². The van der Waals surface area contributed by atoms with Crippen molar-refractivity contribution < 1.29 is 4.74 Å². The van der Waals surface area contributed by atoms with Gasteiger partial charge in [0.05, 0.1) is 6.10 Å². The number of ether oxygens (including phenoxy) is 1. The summed E-state index contributed by atoms with van der Waals surface area (Å²) in [6, 6.07) is 11.1. The molecule has 0 amide bonds. The van der Waals surface area contributed by atoms with Crippen LogP contribution in [0.4, 0.5) is 0 Å². The fraction of sp³-hybridized carbons (Fsp3) is 0.500. The molecule has 0 heterocycles. The minimum Gasteiger partial charge on any atom is -0.377 e. The van der Waals surface area contributed by atoms with E-state index in [2.05, 4.69) is 29.6 Å². The first-order chi connectivity index (χ1) is 6.90. The van der Waals surface area contributed by atoms with E-state index in [1.807, 2.05) is 13.0 Å². The van der Waals surface area contributed by atoms with Crippen LogP contribution in [0.1, 0.15) is 18.9 Å². The first kappa shape index (κ1) is 9.69. The Morgan fingerprint density at radius 3 is 2.86 bits per heavy atom. The average molecular weight is 191 g/mol. The Morgan fingerprint density at radius 1 is 1.36 bits per heavy atom. The van der Waals surface area contributed by atoms with Gasteiger partial charge >= 0.3 is 0 Å². The van der Waals surface area contributed by atoms with Crippen LogP contribution in [0.5, 0.6) is 0 Å². The van der Waals surface area contributed by atoms with Crippen LogP contribution in [-0.2, 0) is 11.3 Å². The van der Waals surface area contributed by atoms with Crippen LogP contribution in [-0.4, -0.2) is 18.8 Å². The maximum Gasteiger partial charge on any atom is 0.0744 e. The molecule has 2 heteroatoms. The van der Waals surface area contributed by atoms with Crippen molar-refractivity contribution >= 4 is 0 Å². The monoisotopic (exact) mass is 191 g/mol. The molecule has 2 nitrogen and oxygen atoms in total. The van der Waals surface area contributed by atoms with Crippen molar-refractivity contribution in [3.8, 4) is 0 Å². The van der Waals surface area contributed by atoms with E-state index in [1.165, 1.54) is 12.0 Å². The topological polar surface area (TPSA) is 21.3 Å². The SMILES string of the molecule is CCO[C@@H]1C[C@@H]1NCc1ccccc1. The van der Waals surface area contributed by atoms with Gasteiger partial charge in [-0.1, -0.05) is 30.3 Å². The summed E-state index contributed by atoms with van der Waals surface area (Å²) >= 11 is 0. The Bertz CT molecular complexity index is 273. The van der Waals surface area contributed by atoms with Gasteiger partial charge in [0.25, 0.3) is 0 Å². The van der Waals surface area contributed by atoms with Crippen LogP contribution in [0.15, 0.2) is 30.3 Å². The van der Waals surface area contributed by atoms with Gasteiger partial charge in [0.1, 0.15) is 0 Å². The molecule has 0 radical (unpaired) electrons. The smallest absolute Gasteiger partial charge is 0.0744 e. The third kappa shape index (κ3) is 2.56. The quantitative estimate of drug-likeness (QED) is 0.768. The zero-order valence-electron chi connectivity index (χ0n) is 8.57. The van der Waals surface area contributed by atoms with E-state index in [0.29, 0.717) is 12.1 Å².